The largest absolute Gasteiger partial charge is 0.484 e. The first-order valence-electron chi connectivity index (χ1n) is 11.0. The molecule has 172 valence electrons. The van der Waals surface area contributed by atoms with Gasteiger partial charge in [0.2, 0.25) is 0 Å². The molecule has 10 heteroatoms. The highest BCUT2D eigenvalue weighted by atomic mass is 16.5. The summed E-state index contributed by atoms with van der Waals surface area (Å²) in [6, 6.07) is 13.2. The van der Waals surface area contributed by atoms with Crippen molar-refractivity contribution in [2.45, 2.75) is 12.5 Å². The van der Waals surface area contributed by atoms with E-state index in [4.69, 9.17) is 20.4 Å². The second kappa shape index (κ2) is 9.67. The molecule has 1 aromatic carbocycles. The molecule has 1 fully saturated rings. The fourth-order valence-corrected chi connectivity index (χ4v) is 3.79. The molecule has 3 aromatic heterocycles. The molecule has 34 heavy (non-hydrogen) atoms. The number of primary amides is 1. The molecule has 0 aliphatic carbocycles. The van der Waals surface area contributed by atoms with Crippen molar-refractivity contribution in [3.05, 3.63) is 61.1 Å². The summed E-state index contributed by atoms with van der Waals surface area (Å²) in [5.74, 6) is 1.99. The summed E-state index contributed by atoms with van der Waals surface area (Å²) in [5.41, 5.74) is 7.49. The van der Waals surface area contributed by atoms with Crippen molar-refractivity contribution in [1.82, 2.24) is 25.3 Å². The number of pyridine rings is 2. The molecule has 1 saturated heterocycles. The summed E-state index contributed by atoms with van der Waals surface area (Å²) in [7, 11) is 0. The van der Waals surface area contributed by atoms with Gasteiger partial charge in [0.1, 0.15) is 17.4 Å². The van der Waals surface area contributed by atoms with E-state index in [0.29, 0.717) is 23.4 Å². The van der Waals surface area contributed by atoms with Gasteiger partial charge >= 0.3 is 0 Å². The quantitative estimate of drug-likeness (QED) is 0.315. The van der Waals surface area contributed by atoms with Gasteiger partial charge in [-0.3, -0.25) is 9.78 Å². The number of hydrogen-bond donors (Lipinski definition) is 4. The van der Waals surface area contributed by atoms with E-state index in [0.717, 1.165) is 47.5 Å². The van der Waals surface area contributed by atoms with Crippen LogP contribution in [0.4, 0.5) is 17.3 Å². The van der Waals surface area contributed by atoms with Gasteiger partial charge in [-0.05, 0) is 43.3 Å². The summed E-state index contributed by atoms with van der Waals surface area (Å²) in [4.78, 5) is 29.2. The van der Waals surface area contributed by atoms with Gasteiger partial charge in [0.15, 0.2) is 12.4 Å². The fraction of sp³-hybridized carbons (Fsp3) is 0.208. The molecular formula is C24H24N8O2. The van der Waals surface area contributed by atoms with Crippen LogP contribution in [0.3, 0.4) is 0 Å². The van der Waals surface area contributed by atoms with E-state index in [1.54, 1.807) is 30.7 Å². The van der Waals surface area contributed by atoms with Crippen LogP contribution in [0.25, 0.3) is 22.3 Å². The van der Waals surface area contributed by atoms with Crippen LogP contribution in [-0.4, -0.2) is 51.6 Å². The van der Waals surface area contributed by atoms with Gasteiger partial charge in [0, 0.05) is 47.7 Å². The van der Waals surface area contributed by atoms with Crippen molar-refractivity contribution in [3.63, 3.8) is 0 Å². The van der Waals surface area contributed by atoms with Crippen molar-refractivity contribution in [3.8, 4) is 17.1 Å². The fourth-order valence-electron chi connectivity index (χ4n) is 3.79. The van der Waals surface area contributed by atoms with E-state index in [9.17, 15) is 4.79 Å². The number of aromatic nitrogens is 4. The predicted molar refractivity (Wildman–Crippen MR) is 130 cm³/mol. The maximum atomic E-state index is 11.0. The highest BCUT2D eigenvalue weighted by Gasteiger charge is 2.17. The van der Waals surface area contributed by atoms with Crippen LogP contribution in [0.1, 0.15) is 6.42 Å². The summed E-state index contributed by atoms with van der Waals surface area (Å²) in [6.07, 6.45) is 6.24. The average Bonchev–Trinajstić information content (AvgIpc) is 3.36. The Morgan fingerprint density at radius 2 is 2.12 bits per heavy atom. The van der Waals surface area contributed by atoms with Gasteiger partial charge < -0.3 is 26.4 Å². The minimum atomic E-state index is -0.531. The number of hydrogen-bond acceptors (Lipinski definition) is 9. The molecule has 10 nitrogen and oxygen atoms in total. The molecule has 4 aromatic rings. The van der Waals surface area contributed by atoms with Crippen molar-refractivity contribution in [2.75, 3.05) is 30.3 Å². The van der Waals surface area contributed by atoms with E-state index in [-0.39, 0.29) is 6.61 Å². The van der Waals surface area contributed by atoms with Crippen molar-refractivity contribution in [2.24, 2.45) is 5.73 Å². The van der Waals surface area contributed by atoms with Gasteiger partial charge in [-0.15, -0.1) is 0 Å². The minimum Gasteiger partial charge on any atom is -0.484 e. The van der Waals surface area contributed by atoms with Crippen LogP contribution in [0.2, 0.25) is 0 Å². The number of carbonyl (C=O) groups is 1. The number of rotatable bonds is 8. The SMILES string of the molecule is NC(=O)COc1cccc(Nc2cc(-c3nc(N[C@@H]4CCNC4)c4ccncc4n3)ccn2)c1. The van der Waals surface area contributed by atoms with Crippen LogP contribution in [0, 0.1) is 0 Å². The second-order valence-corrected chi connectivity index (χ2v) is 7.96. The van der Waals surface area contributed by atoms with Gasteiger partial charge in [-0.25, -0.2) is 15.0 Å². The highest BCUT2D eigenvalue weighted by Crippen LogP contribution is 2.27. The zero-order valence-corrected chi connectivity index (χ0v) is 18.4. The Balaban J connectivity index is 1.42. The number of benzene rings is 1. The Morgan fingerprint density at radius 3 is 2.97 bits per heavy atom. The van der Waals surface area contributed by atoms with Crippen molar-refractivity contribution in [1.29, 1.82) is 0 Å². The van der Waals surface area contributed by atoms with Crippen LogP contribution in [0.5, 0.6) is 5.75 Å². The Bertz CT molecular complexity index is 1320. The lowest BCUT2D eigenvalue weighted by molar-refractivity contribution is -0.119. The van der Waals surface area contributed by atoms with Crippen LogP contribution >= 0.6 is 0 Å². The Morgan fingerprint density at radius 1 is 1.18 bits per heavy atom. The number of fused-ring (bicyclic) bond motifs is 1. The van der Waals surface area contributed by atoms with Crippen molar-refractivity contribution >= 4 is 34.1 Å². The number of carbonyl (C=O) groups excluding carboxylic acids is 1. The summed E-state index contributed by atoms with van der Waals surface area (Å²) in [5, 5.41) is 11.1. The molecule has 1 atom stereocenters. The minimum absolute atomic E-state index is 0.182. The van der Waals surface area contributed by atoms with E-state index in [1.807, 2.05) is 30.3 Å². The maximum absolute atomic E-state index is 11.0. The van der Waals surface area contributed by atoms with Crippen LogP contribution in [-0.2, 0) is 4.79 Å². The number of ether oxygens (including phenoxy) is 1. The Hall–Kier alpha value is -4.31. The molecule has 0 saturated carbocycles. The standard InChI is InChI=1S/C24H24N8O2/c25-21(33)14-34-18-3-1-2-16(11-18)29-22-10-15(4-9-28-22)23-31-20-13-27-8-6-19(20)24(32-23)30-17-5-7-26-12-17/h1-4,6,8-11,13,17,26H,5,7,12,14H2,(H2,25,33)(H,28,29)(H,30,31,32)/t17-/m1/s1. The van der Waals surface area contributed by atoms with Crippen LogP contribution in [0.15, 0.2) is 61.1 Å². The smallest absolute Gasteiger partial charge is 0.255 e. The first-order valence-corrected chi connectivity index (χ1v) is 11.0. The number of anilines is 3. The Labute approximate surface area is 196 Å². The molecule has 0 spiro atoms. The molecular weight excluding hydrogens is 432 g/mol. The molecule has 4 heterocycles. The average molecular weight is 457 g/mol. The van der Waals surface area contributed by atoms with Gasteiger partial charge in [0.25, 0.3) is 5.91 Å². The third-order valence-corrected chi connectivity index (χ3v) is 5.41. The third kappa shape index (κ3) is 5.02. The lowest BCUT2D eigenvalue weighted by Gasteiger charge is -2.15. The van der Waals surface area contributed by atoms with E-state index in [2.05, 4.69) is 25.9 Å². The Kier molecular flexibility index (Phi) is 6.13. The molecule has 5 N–H and O–H groups in total. The maximum Gasteiger partial charge on any atom is 0.255 e. The van der Waals surface area contributed by atoms with E-state index in [1.165, 1.54) is 0 Å². The highest BCUT2D eigenvalue weighted by molar-refractivity contribution is 5.90. The third-order valence-electron chi connectivity index (χ3n) is 5.41. The summed E-state index contributed by atoms with van der Waals surface area (Å²) >= 11 is 0. The van der Waals surface area contributed by atoms with Crippen LogP contribution < -0.4 is 26.4 Å². The first-order chi connectivity index (χ1) is 16.6. The summed E-state index contributed by atoms with van der Waals surface area (Å²) in [6.45, 7) is 1.71. The normalized spacial score (nSPS) is 15.2. The first kappa shape index (κ1) is 21.5. The molecule has 0 bridgehead atoms. The number of amides is 1. The molecule has 1 aliphatic heterocycles. The zero-order valence-electron chi connectivity index (χ0n) is 18.4. The monoisotopic (exact) mass is 456 g/mol. The van der Waals surface area contributed by atoms with Crippen molar-refractivity contribution < 1.29 is 9.53 Å². The lowest BCUT2D eigenvalue weighted by atomic mass is 10.2. The van der Waals surface area contributed by atoms with Gasteiger partial charge in [-0.1, -0.05) is 6.07 Å². The second-order valence-electron chi connectivity index (χ2n) is 7.96. The van der Waals surface area contributed by atoms with E-state index < -0.39 is 5.91 Å². The lowest BCUT2D eigenvalue weighted by Crippen LogP contribution is -2.23. The predicted octanol–water partition coefficient (Wildman–Crippen LogP) is 2.47. The molecule has 1 aliphatic rings. The number of nitrogens with two attached hydrogens (primary N) is 1. The molecule has 0 unspecified atom stereocenters. The summed E-state index contributed by atoms with van der Waals surface area (Å²) < 4.78 is 5.38. The van der Waals surface area contributed by atoms with E-state index >= 15 is 0 Å². The van der Waals surface area contributed by atoms with Gasteiger partial charge in [0.05, 0.1) is 11.7 Å². The van der Waals surface area contributed by atoms with Gasteiger partial charge in [-0.2, -0.15) is 0 Å². The molecule has 0 radical (unpaired) electrons. The topological polar surface area (TPSA) is 140 Å². The number of nitrogens with one attached hydrogen (secondary N) is 3. The number of nitrogens with zero attached hydrogens (tertiary/aromatic N) is 4. The molecule has 5 rings (SSSR count). The molecule has 1 amide bonds. The zero-order chi connectivity index (χ0) is 23.3.